The molecule has 0 fully saturated rings. The molecule has 3 aromatic carbocycles. The quantitative estimate of drug-likeness (QED) is 0.271. The number of ether oxygens (including phenoxy) is 3. The molecule has 0 saturated heterocycles. The van der Waals surface area contributed by atoms with E-state index in [1.165, 1.54) is 12.1 Å². The highest BCUT2D eigenvalue weighted by atomic mass is 19.1. The maximum atomic E-state index is 13.4. The summed E-state index contributed by atoms with van der Waals surface area (Å²) in [5, 5.41) is 10.8. The second kappa shape index (κ2) is 12.3. The van der Waals surface area contributed by atoms with Gasteiger partial charge in [-0.3, -0.25) is 4.79 Å². The minimum Gasteiger partial charge on any atom is -0.497 e. The zero-order chi connectivity index (χ0) is 29.7. The molecule has 2 unspecified atom stereocenters. The molecule has 0 aliphatic heterocycles. The Kier molecular flexibility index (Phi) is 8.80. The van der Waals surface area contributed by atoms with E-state index in [1.807, 2.05) is 49.4 Å². The molecule has 41 heavy (non-hydrogen) atoms. The van der Waals surface area contributed by atoms with E-state index in [0.717, 1.165) is 22.2 Å². The van der Waals surface area contributed by atoms with E-state index in [0.29, 0.717) is 11.5 Å². The lowest BCUT2D eigenvalue weighted by molar-refractivity contribution is -0.124. The van der Waals surface area contributed by atoms with E-state index >= 15 is 0 Å². The number of methoxy groups -OCH3 is 1. The normalized spacial score (nSPS) is 13.6. The van der Waals surface area contributed by atoms with Gasteiger partial charge < -0.3 is 24.8 Å². The van der Waals surface area contributed by atoms with Crippen LogP contribution in [0.5, 0.6) is 11.5 Å². The lowest BCUT2D eigenvalue weighted by atomic mass is 10.0. The molecule has 1 heterocycles. The monoisotopic (exact) mass is 562 g/mol. The lowest BCUT2D eigenvalue weighted by Crippen LogP contribution is -2.50. The van der Waals surface area contributed by atoms with Crippen LogP contribution in [0, 0.1) is 5.82 Å². The second-order valence-electron chi connectivity index (χ2n) is 10.7. The minimum absolute atomic E-state index is 0.319. The Labute approximate surface area is 238 Å². The summed E-state index contributed by atoms with van der Waals surface area (Å²) < 4.78 is 32.3. The van der Waals surface area contributed by atoms with Gasteiger partial charge in [-0.05, 0) is 94.8 Å². The number of aromatic nitrogens is 2. The van der Waals surface area contributed by atoms with Crippen molar-refractivity contribution >= 4 is 22.9 Å². The van der Waals surface area contributed by atoms with Crippen molar-refractivity contribution in [3.05, 3.63) is 84.3 Å². The molecule has 0 aliphatic carbocycles. The van der Waals surface area contributed by atoms with E-state index < -0.39 is 35.8 Å². The molecule has 2 amide bonds. The lowest BCUT2D eigenvalue weighted by Gasteiger charge is -2.28. The van der Waals surface area contributed by atoms with Crippen LogP contribution >= 0.6 is 0 Å². The first-order valence-corrected chi connectivity index (χ1v) is 13.3. The van der Waals surface area contributed by atoms with Crippen molar-refractivity contribution in [3.63, 3.8) is 0 Å². The third-order valence-electron chi connectivity index (χ3n) is 6.25. The van der Waals surface area contributed by atoms with Gasteiger partial charge in [0.05, 0.1) is 30.6 Å². The fourth-order valence-corrected chi connectivity index (χ4v) is 4.27. The number of amides is 2. The number of halogens is 1. The van der Waals surface area contributed by atoms with Gasteiger partial charge in [0.15, 0.2) is 0 Å². The van der Waals surface area contributed by atoms with Gasteiger partial charge in [-0.25, -0.2) is 13.9 Å². The summed E-state index contributed by atoms with van der Waals surface area (Å²) in [7, 11) is 1.58. The summed E-state index contributed by atoms with van der Waals surface area (Å²) in [5.74, 6) is 0.493. The van der Waals surface area contributed by atoms with E-state index in [-0.39, 0.29) is 5.82 Å². The van der Waals surface area contributed by atoms with Crippen LogP contribution < -0.4 is 20.1 Å². The summed E-state index contributed by atoms with van der Waals surface area (Å²) in [6, 6.07) is 17.7. The molecule has 0 spiro atoms. The summed E-state index contributed by atoms with van der Waals surface area (Å²) in [5.41, 5.74) is 1.65. The Morgan fingerprint density at radius 1 is 0.951 bits per heavy atom. The van der Waals surface area contributed by atoms with Crippen molar-refractivity contribution < 1.29 is 28.2 Å². The number of hydrogen-bond acceptors (Lipinski definition) is 6. The van der Waals surface area contributed by atoms with Gasteiger partial charge in [0.2, 0.25) is 5.91 Å². The van der Waals surface area contributed by atoms with E-state index in [2.05, 4.69) is 15.7 Å². The zero-order valence-electron chi connectivity index (χ0n) is 24.0. The van der Waals surface area contributed by atoms with Crippen LogP contribution in [0.1, 0.15) is 46.3 Å². The number of benzene rings is 3. The molecule has 9 nitrogen and oxygen atoms in total. The van der Waals surface area contributed by atoms with Crippen LogP contribution in [0.15, 0.2) is 72.9 Å². The highest BCUT2D eigenvalue weighted by Gasteiger charge is 2.27. The minimum atomic E-state index is -0.841. The smallest absolute Gasteiger partial charge is 0.408 e. The highest BCUT2D eigenvalue weighted by Crippen LogP contribution is 2.30. The van der Waals surface area contributed by atoms with E-state index in [9.17, 15) is 14.0 Å². The number of fused-ring (bicyclic) bond motifs is 1. The van der Waals surface area contributed by atoms with Gasteiger partial charge in [-0.2, -0.15) is 5.10 Å². The molecule has 0 bridgehead atoms. The van der Waals surface area contributed by atoms with Crippen molar-refractivity contribution in [2.45, 2.75) is 58.4 Å². The molecule has 216 valence electrons. The second-order valence-corrected chi connectivity index (χ2v) is 10.7. The van der Waals surface area contributed by atoms with Crippen molar-refractivity contribution in [2.75, 3.05) is 7.11 Å². The van der Waals surface area contributed by atoms with Gasteiger partial charge in [0, 0.05) is 5.39 Å². The maximum Gasteiger partial charge on any atom is 0.408 e. The summed E-state index contributed by atoms with van der Waals surface area (Å²) in [6.45, 7) is 8.66. The summed E-state index contributed by atoms with van der Waals surface area (Å²) in [6.07, 6.45) is 0.427. The zero-order valence-corrected chi connectivity index (χ0v) is 24.0. The molecule has 4 rings (SSSR count). The van der Waals surface area contributed by atoms with E-state index in [1.54, 1.807) is 57.8 Å². The van der Waals surface area contributed by atoms with Gasteiger partial charge in [0.1, 0.15) is 35.1 Å². The van der Waals surface area contributed by atoms with Crippen LogP contribution in [0.4, 0.5) is 9.18 Å². The highest BCUT2D eigenvalue weighted by molar-refractivity contribution is 5.85. The molecule has 0 aliphatic rings. The third-order valence-corrected chi connectivity index (χ3v) is 6.25. The van der Waals surface area contributed by atoms with E-state index in [4.69, 9.17) is 14.2 Å². The third kappa shape index (κ3) is 7.53. The first kappa shape index (κ1) is 29.4. The Hall–Kier alpha value is -4.60. The number of carbonyl (C=O) groups is 2. The molecule has 2 N–H and O–H groups in total. The predicted molar refractivity (Wildman–Crippen MR) is 154 cm³/mol. The first-order valence-electron chi connectivity index (χ1n) is 13.3. The van der Waals surface area contributed by atoms with Gasteiger partial charge in [-0.1, -0.05) is 12.1 Å². The Morgan fingerprint density at radius 2 is 1.68 bits per heavy atom. The largest absolute Gasteiger partial charge is 0.497 e. The van der Waals surface area contributed by atoms with Crippen molar-refractivity contribution in [1.29, 1.82) is 0 Å². The number of hydrogen-bond donors (Lipinski definition) is 2. The Balaban J connectivity index is 1.56. The predicted octanol–water partition coefficient (Wildman–Crippen LogP) is 5.71. The topological polar surface area (TPSA) is 104 Å². The SMILES string of the molecule is COc1cccc([C@@H](Oc2ccc3c(cnn3-c3ccc(F)cc3)c2)C(C)NC(=O)C(C)NC(=O)OC(C)(C)C)c1. The van der Waals surface area contributed by atoms with Gasteiger partial charge in [-0.15, -0.1) is 0 Å². The number of nitrogens with zero attached hydrogens (tertiary/aromatic N) is 2. The standard InChI is InChI=1S/C31H35FN4O5/c1-19(34-29(37)20(2)35-30(38)41-31(3,4)5)28(21-8-7-9-25(16-21)39-6)40-26-14-15-27-22(17-26)18-33-36(27)24-12-10-23(32)11-13-24/h7-20,28H,1-6H3,(H,34,37)(H,35,38)/t19?,20?,28-/m0/s1. The fourth-order valence-electron chi connectivity index (χ4n) is 4.27. The van der Waals surface area contributed by atoms with Crippen LogP contribution in [-0.2, 0) is 9.53 Å². The van der Waals surface area contributed by atoms with Crippen molar-refractivity contribution in [1.82, 2.24) is 20.4 Å². The van der Waals surface area contributed by atoms with Crippen molar-refractivity contribution in [3.8, 4) is 17.2 Å². The first-order chi connectivity index (χ1) is 19.4. The Bertz CT molecular complexity index is 1510. The average molecular weight is 563 g/mol. The van der Waals surface area contributed by atoms with Crippen LogP contribution in [0.3, 0.4) is 0 Å². The van der Waals surface area contributed by atoms with Gasteiger partial charge in [0.25, 0.3) is 0 Å². The molecular formula is C31H35FN4O5. The number of alkyl carbamates (subject to hydrolysis) is 1. The van der Waals surface area contributed by atoms with Crippen LogP contribution in [0.25, 0.3) is 16.6 Å². The van der Waals surface area contributed by atoms with Crippen LogP contribution in [0.2, 0.25) is 0 Å². The molecule has 4 aromatic rings. The number of rotatable bonds is 9. The van der Waals surface area contributed by atoms with Crippen molar-refractivity contribution in [2.24, 2.45) is 0 Å². The molecular weight excluding hydrogens is 527 g/mol. The number of nitrogens with one attached hydrogen (secondary N) is 2. The summed E-state index contributed by atoms with van der Waals surface area (Å²) >= 11 is 0. The molecule has 10 heteroatoms. The molecule has 1 aromatic heterocycles. The average Bonchev–Trinajstić information content (AvgIpc) is 3.34. The number of carbonyl (C=O) groups excluding carboxylic acids is 2. The maximum absolute atomic E-state index is 13.4. The molecule has 0 saturated carbocycles. The van der Waals surface area contributed by atoms with Gasteiger partial charge >= 0.3 is 6.09 Å². The van der Waals surface area contributed by atoms with Crippen LogP contribution in [-0.4, -0.2) is 46.6 Å². The Morgan fingerprint density at radius 3 is 2.37 bits per heavy atom. The summed E-state index contributed by atoms with van der Waals surface area (Å²) in [4.78, 5) is 25.2. The molecule has 3 atom stereocenters. The molecule has 0 radical (unpaired) electrons. The fraction of sp³-hybridized carbons (Fsp3) is 0.323.